The minimum Gasteiger partial charge on any atom is -0.264 e. The van der Waals surface area contributed by atoms with Gasteiger partial charge in [0.25, 0.3) is 0 Å². The summed E-state index contributed by atoms with van der Waals surface area (Å²) in [5.41, 5.74) is 0. The van der Waals surface area contributed by atoms with Crippen molar-refractivity contribution in [2.75, 3.05) is 0 Å². The third-order valence-electron chi connectivity index (χ3n) is 4.75. The third kappa shape index (κ3) is 21.8. The average Bonchev–Trinajstić information content (AvgIpc) is 2.53. The van der Waals surface area contributed by atoms with E-state index in [4.69, 9.17) is 4.55 Å². The van der Waals surface area contributed by atoms with Crippen LogP contribution >= 0.6 is 0 Å². The fraction of sp³-hybridized carbons (Fsp3) is 1.00. The molecule has 1 atom stereocenters. The highest BCUT2D eigenvalue weighted by atomic mass is 32.3. The van der Waals surface area contributed by atoms with E-state index in [1.165, 1.54) is 89.9 Å². The van der Waals surface area contributed by atoms with E-state index in [0.29, 0.717) is 6.42 Å². The fourth-order valence-electron chi connectivity index (χ4n) is 3.24. The van der Waals surface area contributed by atoms with Crippen LogP contribution in [0.15, 0.2) is 0 Å². The second-order valence-corrected chi connectivity index (χ2v) is 8.47. The molecule has 152 valence electrons. The number of rotatable bonds is 19. The zero-order valence-corrected chi connectivity index (χ0v) is 17.5. The van der Waals surface area contributed by atoms with E-state index in [-0.39, 0.29) is 0 Å². The first-order valence-electron chi connectivity index (χ1n) is 10.6. The van der Waals surface area contributed by atoms with Gasteiger partial charge in [-0.05, 0) is 13.3 Å². The van der Waals surface area contributed by atoms with Crippen molar-refractivity contribution < 1.29 is 17.2 Å². The van der Waals surface area contributed by atoms with Gasteiger partial charge in [0.2, 0.25) is 0 Å². The van der Waals surface area contributed by atoms with Crippen molar-refractivity contribution in [3.8, 4) is 0 Å². The van der Waals surface area contributed by atoms with Gasteiger partial charge in [-0.2, -0.15) is 8.42 Å². The first-order valence-corrected chi connectivity index (χ1v) is 12.0. The standard InChI is InChI=1S/C20H42O4S/c1-3-4-5-6-7-8-9-10-11-12-13-14-15-16-17-18-19-20(2)24-25(21,22)23/h20H,3-19H2,1-2H3,(H,21,22,23). The predicted molar refractivity (Wildman–Crippen MR) is 106 cm³/mol. The lowest BCUT2D eigenvalue weighted by Gasteiger charge is -2.09. The minimum absolute atomic E-state index is 0.429. The summed E-state index contributed by atoms with van der Waals surface area (Å²) in [4.78, 5) is 0. The summed E-state index contributed by atoms with van der Waals surface area (Å²) in [6.07, 6.45) is 21.4. The second kappa shape index (κ2) is 17.3. The molecular weight excluding hydrogens is 336 g/mol. The van der Waals surface area contributed by atoms with E-state index in [1.807, 2.05) is 0 Å². The molecule has 0 aliphatic heterocycles. The molecule has 0 aromatic rings. The van der Waals surface area contributed by atoms with Crippen LogP contribution in [0.4, 0.5) is 0 Å². The Labute approximate surface area is 157 Å². The second-order valence-electron chi connectivity index (χ2n) is 7.43. The molecule has 1 N–H and O–H groups in total. The molecule has 0 aromatic carbocycles. The lowest BCUT2D eigenvalue weighted by Crippen LogP contribution is -2.14. The van der Waals surface area contributed by atoms with Gasteiger partial charge in [0.15, 0.2) is 0 Å². The summed E-state index contributed by atoms with van der Waals surface area (Å²) >= 11 is 0. The van der Waals surface area contributed by atoms with Crippen molar-refractivity contribution in [1.82, 2.24) is 0 Å². The van der Waals surface area contributed by atoms with Crippen LogP contribution in [-0.4, -0.2) is 19.1 Å². The van der Waals surface area contributed by atoms with Crippen LogP contribution in [0.25, 0.3) is 0 Å². The Hall–Kier alpha value is -0.130. The van der Waals surface area contributed by atoms with Crippen molar-refractivity contribution in [3.05, 3.63) is 0 Å². The Kier molecular flexibility index (Phi) is 17.2. The van der Waals surface area contributed by atoms with Gasteiger partial charge in [-0.15, -0.1) is 0 Å². The topological polar surface area (TPSA) is 63.6 Å². The largest absolute Gasteiger partial charge is 0.397 e. The third-order valence-corrected chi connectivity index (χ3v) is 5.32. The predicted octanol–water partition coefficient (Wildman–Crippen LogP) is 6.85. The molecule has 1 unspecified atom stereocenters. The Bertz CT molecular complexity index is 368. The minimum atomic E-state index is -4.30. The van der Waals surface area contributed by atoms with E-state index in [1.54, 1.807) is 6.92 Å². The highest BCUT2D eigenvalue weighted by Crippen LogP contribution is 2.15. The first kappa shape index (κ1) is 24.9. The lowest BCUT2D eigenvalue weighted by atomic mass is 10.0. The van der Waals surface area contributed by atoms with Crippen LogP contribution < -0.4 is 0 Å². The summed E-state index contributed by atoms with van der Waals surface area (Å²) in [6.45, 7) is 3.95. The van der Waals surface area contributed by atoms with Crippen molar-refractivity contribution in [3.63, 3.8) is 0 Å². The number of hydrogen-bond donors (Lipinski definition) is 1. The maximum atomic E-state index is 10.5. The molecule has 0 heterocycles. The van der Waals surface area contributed by atoms with Gasteiger partial charge < -0.3 is 0 Å². The van der Waals surface area contributed by atoms with Crippen LogP contribution in [0.2, 0.25) is 0 Å². The molecule has 0 radical (unpaired) electrons. The Balaban J connectivity index is 3.14. The van der Waals surface area contributed by atoms with Crippen LogP contribution in [0.3, 0.4) is 0 Å². The monoisotopic (exact) mass is 378 g/mol. The van der Waals surface area contributed by atoms with Crippen LogP contribution in [0.5, 0.6) is 0 Å². The molecule has 0 fully saturated rings. The summed E-state index contributed by atoms with van der Waals surface area (Å²) in [6, 6.07) is 0. The molecule has 0 aromatic heterocycles. The summed E-state index contributed by atoms with van der Waals surface area (Å²) < 4.78 is 34.2. The molecule has 5 heteroatoms. The SMILES string of the molecule is CCCCCCCCCCCCCCCCCCC(C)OS(=O)(=O)O. The maximum Gasteiger partial charge on any atom is 0.397 e. The highest BCUT2D eigenvalue weighted by Gasteiger charge is 2.11. The normalized spacial score (nSPS) is 13.2. The van der Waals surface area contributed by atoms with E-state index in [0.717, 1.165) is 12.8 Å². The molecule has 0 bridgehead atoms. The molecule has 0 amide bonds. The van der Waals surface area contributed by atoms with Crippen LogP contribution in [0.1, 0.15) is 123 Å². The summed E-state index contributed by atoms with van der Waals surface area (Å²) in [7, 11) is -4.30. The van der Waals surface area contributed by atoms with Gasteiger partial charge in [-0.25, -0.2) is 4.18 Å². The van der Waals surface area contributed by atoms with E-state index >= 15 is 0 Å². The molecule has 4 nitrogen and oxygen atoms in total. The number of hydrogen-bond acceptors (Lipinski definition) is 3. The van der Waals surface area contributed by atoms with Gasteiger partial charge in [-0.3, -0.25) is 4.55 Å². The molecule has 25 heavy (non-hydrogen) atoms. The van der Waals surface area contributed by atoms with Crippen LogP contribution in [0, 0.1) is 0 Å². The number of unbranched alkanes of at least 4 members (excludes halogenated alkanes) is 15. The Morgan fingerprint density at radius 2 is 1.00 bits per heavy atom. The van der Waals surface area contributed by atoms with E-state index in [2.05, 4.69) is 11.1 Å². The van der Waals surface area contributed by atoms with Crippen molar-refractivity contribution >= 4 is 10.4 Å². The van der Waals surface area contributed by atoms with Crippen molar-refractivity contribution in [2.45, 2.75) is 129 Å². The zero-order chi connectivity index (χ0) is 18.8. The lowest BCUT2D eigenvalue weighted by molar-refractivity contribution is 0.185. The van der Waals surface area contributed by atoms with Gasteiger partial charge in [0.1, 0.15) is 0 Å². The molecular formula is C20H42O4S. The molecule has 0 aliphatic carbocycles. The Morgan fingerprint density at radius 1 is 0.680 bits per heavy atom. The van der Waals surface area contributed by atoms with Gasteiger partial charge >= 0.3 is 10.4 Å². The van der Waals surface area contributed by atoms with E-state index in [9.17, 15) is 8.42 Å². The molecule has 0 spiro atoms. The highest BCUT2D eigenvalue weighted by molar-refractivity contribution is 7.80. The van der Waals surface area contributed by atoms with E-state index < -0.39 is 16.5 Å². The summed E-state index contributed by atoms with van der Waals surface area (Å²) in [5, 5.41) is 0. The van der Waals surface area contributed by atoms with Crippen LogP contribution in [-0.2, 0) is 14.6 Å². The van der Waals surface area contributed by atoms with Crippen molar-refractivity contribution in [2.24, 2.45) is 0 Å². The van der Waals surface area contributed by atoms with Gasteiger partial charge in [-0.1, -0.05) is 110 Å². The van der Waals surface area contributed by atoms with Gasteiger partial charge in [0.05, 0.1) is 6.10 Å². The molecule has 0 saturated carbocycles. The first-order chi connectivity index (χ1) is 12.0. The van der Waals surface area contributed by atoms with Gasteiger partial charge in [0, 0.05) is 0 Å². The molecule has 0 rings (SSSR count). The average molecular weight is 379 g/mol. The molecule has 0 saturated heterocycles. The quantitative estimate of drug-likeness (QED) is 0.197. The van der Waals surface area contributed by atoms with Crippen molar-refractivity contribution in [1.29, 1.82) is 0 Å². The molecule has 0 aliphatic rings. The summed E-state index contributed by atoms with van der Waals surface area (Å²) in [5.74, 6) is 0. The Morgan fingerprint density at radius 3 is 1.32 bits per heavy atom. The smallest absolute Gasteiger partial charge is 0.264 e. The fourth-order valence-corrected chi connectivity index (χ4v) is 3.75. The zero-order valence-electron chi connectivity index (χ0n) is 16.7. The maximum absolute atomic E-state index is 10.5.